The lowest BCUT2D eigenvalue weighted by Gasteiger charge is -2.30. The zero-order chi connectivity index (χ0) is 16.7. The van der Waals surface area contributed by atoms with Crippen LogP contribution in [0, 0.1) is 0 Å². The second-order valence-electron chi connectivity index (χ2n) is 5.91. The smallest absolute Gasteiger partial charge is 0.223 e. The van der Waals surface area contributed by atoms with E-state index in [9.17, 15) is 9.59 Å². The Morgan fingerprint density at radius 2 is 2.13 bits per heavy atom. The number of nitrogens with one attached hydrogen (secondary N) is 1. The summed E-state index contributed by atoms with van der Waals surface area (Å²) < 4.78 is 0. The van der Waals surface area contributed by atoms with Crippen molar-refractivity contribution in [2.45, 2.75) is 46.1 Å². The van der Waals surface area contributed by atoms with Gasteiger partial charge in [0.1, 0.15) is 0 Å². The fourth-order valence-electron chi connectivity index (χ4n) is 2.80. The van der Waals surface area contributed by atoms with Gasteiger partial charge in [-0.1, -0.05) is 25.5 Å². The van der Waals surface area contributed by atoms with E-state index >= 15 is 0 Å². The minimum Gasteiger partial charge on any atom is -0.338 e. The lowest BCUT2D eigenvalue weighted by Crippen LogP contribution is -2.36. The van der Waals surface area contributed by atoms with E-state index in [1.54, 1.807) is 0 Å². The van der Waals surface area contributed by atoms with Crippen molar-refractivity contribution in [1.82, 2.24) is 4.90 Å². The van der Waals surface area contributed by atoms with Crippen LogP contribution >= 0.6 is 11.8 Å². The Hall–Kier alpha value is -1.49. The van der Waals surface area contributed by atoms with E-state index in [1.807, 2.05) is 28.8 Å². The first-order valence-electron chi connectivity index (χ1n) is 8.35. The Labute approximate surface area is 143 Å². The van der Waals surface area contributed by atoms with Gasteiger partial charge in [0.2, 0.25) is 11.8 Å². The number of hydrogen-bond acceptors (Lipinski definition) is 3. The van der Waals surface area contributed by atoms with Crippen LogP contribution in [0.2, 0.25) is 0 Å². The highest BCUT2D eigenvalue weighted by molar-refractivity contribution is 7.99. The van der Waals surface area contributed by atoms with E-state index < -0.39 is 0 Å². The number of amides is 2. The Kier molecular flexibility index (Phi) is 6.96. The van der Waals surface area contributed by atoms with Gasteiger partial charge in [0.05, 0.1) is 0 Å². The normalized spacial score (nSPS) is 13.6. The second kappa shape index (κ2) is 8.96. The standard InChI is InChI=1S/C18H26N2O2S/c1-3-4-11-23-12-9-18(22)20-10-8-16-15(13-20)6-5-7-17(16)19-14(2)21/h5-7H,3-4,8-13H2,1-2H3,(H,19,21). The number of anilines is 1. The van der Waals surface area contributed by atoms with Gasteiger partial charge in [0, 0.05) is 37.9 Å². The van der Waals surface area contributed by atoms with Crippen LogP contribution in [0.15, 0.2) is 18.2 Å². The largest absolute Gasteiger partial charge is 0.338 e. The lowest BCUT2D eigenvalue weighted by molar-refractivity contribution is -0.131. The molecule has 1 aliphatic rings. The summed E-state index contributed by atoms with van der Waals surface area (Å²) in [5, 5.41) is 2.89. The maximum Gasteiger partial charge on any atom is 0.223 e. The summed E-state index contributed by atoms with van der Waals surface area (Å²) in [6, 6.07) is 5.93. The molecule has 1 heterocycles. The van der Waals surface area contributed by atoms with Crippen LogP contribution in [-0.2, 0) is 22.6 Å². The number of nitrogens with zero attached hydrogens (tertiary/aromatic N) is 1. The zero-order valence-electron chi connectivity index (χ0n) is 14.1. The van der Waals surface area contributed by atoms with Crippen LogP contribution in [0.3, 0.4) is 0 Å². The number of rotatable bonds is 7. The molecule has 2 rings (SSSR count). The van der Waals surface area contributed by atoms with Gasteiger partial charge in [-0.05, 0) is 35.8 Å². The van der Waals surface area contributed by atoms with Crippen molar-refractivity contribution in [1.29, 1.82) is 0 Å². The molecular weight excluding hydrogens is 308 g/mol. The number of carbonyl (C=O) groups is 2. The molecule has 1 aromatic carbocycles. The molecule has 126 valence electrons. The van der Waals surface area contributed by atoms with E-state index in [1.165, 1.54) is 25.3 Å². The van der Waals surface area contributed by atoms with Gasteiger partial charge < -0.3 is 10.2 Å². The van der Waals surface area contributed by atoms with Crippen LogP contribution in [-0.4, -0.2) is 34.8 Å². The first-order chi connectivity index (χ1) is 11.1. The van der Waals surface area contributed by atoms with Gasteiger partial charge in [0.15, 0.2) is 0 Å². The number of unbranched alkanes of at least 4 members (excludes halogenated alkanes) is 1. The molecule has 0 aliphatic carbocycles. The molecule has 5 heteroatoms. The molecular formula is C18H26N2O2S. The average molecular weight is 334 g/mol. The number of thioether (sulfide) groups is 1. The van der Waals surface area contributed by atoms with E-state index in [0.29, 0.717) is 13.0 Å². The van der Waals surface area contributed by atoms with Crippen molar-refractivity contribution >= 4 is 29.3 Å². The third-order valence-corrected chi connectivity index (χ3v) is 5.10. The third-order valence-electron chi connectivity index (χ3n) is 4.03. The SMILES string of the molecule is CCCCSCCC(=O)N1CCc2c(cccc2NC(C)=O)C1. The van der Waals surface area contributed by atoms with Gasteiger partial charge in [0.25, 0.3) is 0 Å². The maximum atomic E-state index is 12.3. The molecule has 0 fully saturated rings. The van der Waals surface area contributed by atoms with E-state index in [4.69, 9.17) is 0 Å². The van der Waals surface area contributed by atoms with Gasteiger partial charge in [-0.15, -0.1) is 0 Å². The molecule has 0 aromatic heterocycles. The topological polar surface area (TPSA) is 49.4 Å². The molecule has 23 heavy (non-hydrogen) atoms. The molecule has 1 aliphatic heterocycles. The predicted octanol–water partition coefficient (Wildman–Crippen LogP) is 3.45. The van der Waals surface area contributed by atoms with Crippen LogP contribution in [0.1, 0.15) is 44.2 Å². The molecule has 0 atom stereocenters. The zero-order valence-corrected chi connectivity index (χ0v) is 14.9. The Balaban J connectivity index is 1.90. The highest BCUT2D eigenvalue weighted by Crippen LogP contribution is 2.26. The Morgan fingerprint density at radius 3 is 2.87 bits per heavy atom. The minimum atomic E-state index is -0.0546. The summed E-state index contributed by atoms with van der Waals surface area (Å²) >= 11 is 1.87. The van der Waals surface area contributed by atoms with E-state index in [2.05, 4.69) is 18.3 Å². The van der Waals surface area contributed by atoms with Crippen LogP contribution in [0.25, 0.3) is 0 Å². The van der Waals surface area contributed by atoms with Crippen molar-refractivity contribution < 1.29 is 9.59 Å². The summed E-state index contributed by atoms with van der Waals surface area (Å²) in [5.74, 6) is 2.24. The quantitative estimate of drug-likeness (QED) is 0.777. The van der Waals surface area contributed by atoms with Gasteiger partial charge in [-0.25, -0.2) is 0 Å². The number of benzene rings is 1. The minimum absolute atomic E-state index is 0.0546. The molecule has 1 N–H and O–H groups in total. The highest BCUT2D eigenvalue weighted by atomic mass is 32.2. The molecule has 0 unspecified atom stereocenters. The third kappa shape index (κ3) is 5.27. The summed E-state index contributed by atoms with van der Waals surface area (Å²) in [5.41, 5.74) is 3.20. The van der Waals surface area contributed by atoms with Crippen molar-refractivity contribution in [2.24, 2.45) is 0 Å². The van der Waals surface area contributed by atoms with Crippen LogP contribution in [0.5, 0.6) is 0 Å². The molecule has 0 saturated heterocycles. The summed E-state index contributed by atoms with van der Waals surface area (Å²) in [6.07, 6.45) is 3.86. The average Bonchev–Trinajstić information content (AvgIpc) is 2.53. The van der Waals surface area contributed by atoms with Crippen molar-refractivity contribution in [3.8, 4) is 0 Å². The molecule has 0 bridgehead atoms. The van der Waals surface area contributed by atoms with Gasteiger partial charge in [-0.2, -0.15) is 11.8 Å². The van der Waals surface area contributed by atoms with Crippen LogP contribution < -0.4 is 5.32 Å². The first kappa shape index (κ1) is 17.9. The summed E-state index contributed by atoms with van der Waals surface area (Å²) in [6.45, 7) is 5.10. The predicted molar refractivity (Wildman–Crippen MR) is 96.7 cm³/mol. The van der Waals surface area contributed by atoms with E-state index in [-0.39, 0.29) is 11.8 Å². The van der Waals surface area contributed by atoms with Gasteiger partial charge in [-0.3, -0.25) is 9.59 Å². The molecule has 0 saturated carbocycles. The van der Waals surface area contributed by atoms with E-state index in [0.717, 1.165) is 35.7 Å². The lowest BCUT2D eigenvalue weighted by atomic mass is 9.97. The molecule has 2 amide bonds. The van der Waals surface area contributed by atoms with Crippen molar-refractivity contribution in [3.63, 3.8) is 0 Å². The summed E-state index contributed by atoms with van der Waals surface area (Å²) in [7, 11) is 0. The molecule has 1 aromatic rings. The fraction of sp³-hybridized carbons (Fsp3) is 0.556. The Bertz CT molecular complexity index is 560. The fourth-order valence-corrected chi connectivity index (χ4v) is 3.81. The number of fused-ring (bicyclic) bond motifs is 1. The molecule has 0 radical (unpaired) electrons. The van der Waals surface area contributed by atoms with Crippen molar-refractivity contribution in [2.75, 3.05) is 23.4 Å². The molecule has 0 spiro atoms. The second-order valence-corrected chi connectivity index (χ2v) is 7.13. The van der Waals surface area contributed by atoms with Gasteiger partial charge >= 0.3 is 0 Å². The summed E-state index contributed by atoms with van der Waals surface area (Å²) in [4.78, 5) is 25.6. The van der Waals surface area contributed by atoms with Crippen LogP contribution in [0.4, 0.5) is 5.69 Å². The number of hydrogen-bond donors (Lipinski definition) is 1. The highest BCUT2D eigenvalue weighted by Gasteiger charge is 2.22. The number of carbonyl (C=O) groups excluding carboxylic acids is 2. The maximum absolute atomic E-state index is 12.3. The monoisotopic (exact) mass is 334 g/mol. The Morgan fingerprint density at radius 1 is 1.30 bits per heavy atom. The first-order valence-corrected chi connectivity index (χ1v) is 9.51. The molecule has 4 nitrogen and oxygen atoms in total. The van der Waals surface area contributed by atoms with Crippen molar-refractivity contribution in [3.05, 3.63) is 29.3 Å².